The van der Waals surface area contributed by atoms with E-state index in [0.29, 0.717) is 18.7 Å². The van der Waals surface area contributed by atoms with Gasteiger partial charge in [0.1, 0.15) is 0 Å². The fourth-order valence-electron chi connectivity index (χ4n) is 3.51. The molecule has 1 saturated carbocycles. The SMILES string of the molecule is CCC1(CO)CCN(C(=O)c2ccc(C3(C#N)CC3)cc2)CC1. The number of benzene rings is 1. The number of aliphatic hydroxyl groups excluding tert-OH is 1. The number of hydrogen-bond donors (Lipinski definition) is 1. The minimum atomic E-state index is -0.297. The maximum Gasteiger partial charge on any atom is 0.253 e. The molecule has 0 bridgehead atoms. The van der Waals surface area contributed by atoms with Crippen molar-refractivity contribution in [2.45, 2.75) is 44.4 Å². The second kappa shape index (κ2) is 5.98. The lowest BCUT2D eigenvalue weighted by molar-refractivity contribution is 0.0338. The molecule has 1 heterocycles. The topological polar surface area (TPSA) is 64.3 Å². The van der Waals surface area contributed by atoms with Crippen LogP contribution in [-0.2, 0) is 5.41 Å². The van der Waals surface area contributed by atoms with E-state index < -0.39 is 0 Å². The molecule has 3 rings (SSSR count). The standard InChI is InChI=1S/C19H24N2O2/c1-2-18(14-22)9-11-21(12-10-18)17(23)15-3-5-16(6-4-15)19(13-20)7-8-19/h3-6,22H,2,7-12,14H2,1H3. The predicted molar refractivity (Wildman–Crippen MR) is 87.9 cm³/mol. The molecule has 4 nitrogen and oxygen atoms in total. The van der Waals surface area contributed by atoms with Crippen molar-refractivity contribution in [2.75, 3.05) is 19.7 Å². The minimum Gasteiger partial charge on any atom is -0.396 e. The lowest BCUT2D eigenvalue weighted by Crippen LogP contribution is -2.44. The third-order valence-corrected chi connectivity index (χ3v) is 5.85. The second-order valence-corrected chi connectivity index (χ2v) is 7.08. The van der Waals surface area contributed by atoms with Gasteiger partial charge in [0, 0.05) is 25.3 Å². The van der Waals surface area contributed by atoms with E-state index in [0.717, 1.165) is 37.7 Å². The summed E-state index contributed by atoms with van der Waals surface area (Å²) in [6, 6.07) is 9.94. The highest BCUT2D eigenvalue weighted by molar-refractivity contribution is 5.94. The molecule has 0 atom stereocenters. The van der Waals surface area contributed by atoms with Gasteiger partial charge in [0.25, 0.3) is 5.91 Å². The lowest BCUT2D eigenvalue weighted by atomic mass is 9.77. The first kappa shape index (κ1) is 16.0. The number of nitrogens with zero attached hydrogens (tertiary/aromatic N) is 2. The molecule has 0 radical (unpaired) electrons. The Balaban J connectivity index is 1.66. The van der Waals surface area contributed by atoms with Crippen molar-refractivity contribution in [1.82, 2.24) is 4.90 Å². The van der Waals surface area contributed by atoms with E-state index in [1.807, 2.05) is 29.2 Å². The molecule has 1 aliphatic carbocycles. The number of hydrogen-bond acceptors (Lipinski definition) is 3. The molecule has 1 amide bonds. The van der Waals surface area contributed by atoms with Crippen LogP contribution in [0.5, 0.6) is 0 Å². The Bertz CT molecular complexity index is 612. The number of nitriles is 1. The Labute approximate surface area is 137 Å². The quantitative estimate of drug-likeness (QED) is 0.929. The summed E-state index contributed by atoms with van der Waals surface area (Å²) >= 11 is 0. The number of aliphatic hydroxyl groups is 1. The summed E-state index contributed by atoms with van der Waals surface area (Å²) in [4.78, 5) is 14.5. The highest BCUT2D eigenvalue weighted by atomic mass is 16.3. The van der Waals surface area contributed by atoms with Crippen LogP contribution in [0.4, 0.5) is 0 Å². The first-order valence-corrected chi connectivity index (χ1v) is 8.50. The first-order chi connectivity index (χ1) is 11.1. The Kier molecular flexibility index (Phi) is 4.16. The maximum absolute atomic E-state index is 12.6. The molecule has 0 aromatic heterocycles. The van der Waals surface area contributed by atoms with Crippen molar-refractivity contribution in [3.63, 3.8) is 0 Å². The van der Waals surface area contributed by atoms with E-state index in [9.17, 15) is 15.2 Å². The van der Waals surface area contributed by atoms with Crippen LogP contribution >= 0.6 is 0 Å². The largest absolute Gasteiger partial charge is 0.396 e. The van der Waals surface area contributed by atoms with Gasteiger partial charge in [0.15, 0.2) is 0 Å². The number of carbonyl (C=O) groups excluding carboxylic acids is 1. The summed E-state index contributed by atoms with van der Waals surface area (Å²) in [5.41, 5.74) is 1.41. The van der Waals surface area contributed by atoms with E-state index in [1.165, 1.54) is 0 Å². The van der Waals surface area contributed by atoms with E-state index >= 15 is 0 Å². The zero-order valence-electron chi connectivity index (χ0n) is 13.7. The Morgan fingerprint density at radius 3 is 2.26 bits per heavy atom. The highest BCUT2D eigenvalue weighted by Gasteiger charge is 2.44. The fourth-order valence-corrected chi connectivity index (χ4v) is 3.51. The normalized spacial score (nSPS) is 21.5. The molecule has 1 aromatic carbocycles. The summed E-state index contributed by atoms with van der Waals surface area (Å²) in [5, 5.41) is 18.8. The highest BCUT2D eigenvalue weighted by Crippen LogP contribution is 2.47. The zero-order chi connectivity index (χ0) is 16.5. The average molecular weight is 312 g/mol. The molecule has 1 aliphatic heterocycles. The minimum absolute atomic E-state index is 0.00815. The number of amides is 1. The van der Waals surface area contributed by atoms with E-state index in [-0.39, 0.29) is 23.3 Å². The number of carbonyl (C=O) groups is 1. The molecule has 1 saturated heterocycles. The van der Waals surface area contributed by atoms with Gasteiger partial charge in [0.05, 0.1) is 11.5 Å². The van der Waals surface area contributed by atoms with Crippen molar-refractivity contribution in [2.24, 2.45) is 5.41 Å². The number of likely N-dealkylation sites (tertiary alicyclic amines) is 1. The maximum atomic E-state index is 12.6. The van der Waals surface area contributed by atoms with Gasteiger partial charge < -0.3 is 10.0 Å². The smallest absolute Gasteiger partial charge is 0.253 e. The fraction of sp³-hybridized carbons (Fsp3) is 0.579. The van der Waals surface area contributed by atoms with E-state index in [1.54, 1.807) is 0 Å². The summed E-state index contributed by atoms with van der Waals surface area (Å²) in [6.07, 6.45) is 4.52. The van der Waals surface area contributed by atoms with Gasteiger partial charge >= 0.3 is 0 Å². The summed E-state index contributed by atoms with van der Waals surface area (Å²) in [7, 11) is 0. The van der Waals surface area contributed by atoms with Crippen LogP contribution in [0.15, 0.2) is 24.3 Å². The Hall–Kier alpha value is -1.86. The van der Waals surface area contributed by atoms with Gasteiger partial charge in [-0.05, 0) is 55.2 Å². The molecule has 23 heavy (non-hydrogen) atoms. The average Bonchev–Trinajstić information content (AvgIpc) is 3.43. The van der Waals surface area contributed by atoms with Gasteiger partial charge in [0.2, 0.25) is 0 Å². The third-order valence-electron chi connectivity index (χ3n) is 5.85. The van der Waals surface area contributed by atoms with Gasteiger partial charge in [-0.1, -0.05) is 19.1 Å². The van der Waals surface area contributed by atoms with Crippen molar-refractivity contribution in [3.05, 3.63) is 35.4 Å². The molecule has 1 N–H and O–H groups in total. The summed E-state index contributed by atoms with van der Waals surface area (Å²) < 4.78 is 0. The number of piperidine rings is 1. The molecule has 0 spiro atoms. The summed E-state index contributed by atoms with van der Waals surface area (Å²) in [6.45, 7) is 3.72. The van der Waals surface area contributed by atoms with Gasteiger partial charge in [-0.2, -0.15) is 5.26 Å². The van der Waals surface area contributed by atoms with Crippen LogP contribution in [-0.4, -0.2) is 35.6 Å². The van der Waals surface area contributed by atoms with Crippen LogP contribution in [0.2, 0.25) is 0 Å². The monoisotopic (exact) mass is 312 g/mol. The Morgan fingerprint density at radius 1 is 1.22 bits per heavy atom. The third kappa shape index (κ3) is 2.86. The van der Waals surface area contributed by atoms with E-state index in [4.69, 9.17) is 0 Å². The van der Waals surface area contributed by atoms with Gasteiger partial charge in [-0.15, -0.1) is 0 Å². The predicted octanol–water partition coefficient (Wildman–Crippen LogP) is 2.87. The van der Waals surface area contributed by atoms with Crippen LogP contribution < -0.4 is 0 Å². The van der Waals surface area contributed by atoms with Crippen molar-refractivity contribution >= 4 is 5.91 Å². The molecule has 4 heteroatoms. The van der Waals surface area contributed by atoms with Crippen LogP contribution in [0.1, 0.15) is 54.9 Å². The molecule has 1 aromatic rings. The van der Waals surface area contributed by atoms with E-state index in [2.05, 4.69) is 13.0 Å². The Morgan fingerprint density at radius 2 is 1.83 bits per heavy atom. The molecule has 2 aliphatic rings. The zero-order valence-corrected chi connectivity index (χ0v) is 13.7. The van der Waals surface area contributed by atoms with Crippen LogP contribution in [0.3, 0.4) is 0 Å². The summed E-state index contributed by atoms with van der Waals surface area (Å²) in [5.74, 6) is 0.0565. The molecular formula is C19H24N2O2. The van der Waals surface area contributed by atoms with Gasteiger partial charge in [-0.25, -0.2) is 0 Å². The molecule has 122 valence electrons. The molecular weight excluding hydrogens is 288 g/mol. The molecule has 2 fully saturated rings. The van der Waals surface area contributed by atoms with Gasteiger partial charge in [-0.3, -0.25) is 4.79 Å². The van der Waals surface area contributed by atoms with Crippen molar-refractivity contribution < 1.29 is 9.90 Å². The lowest BCUT2D eigenvalue weighted by Gasteiger charge is -2.40. The van der Waals surface area contributed by atoms with Crippen molar-refractivity contribution in [3.8, 4) is 6.07 Å². The molecule has 0 unspecified atom stereocenters. The van der Waals surface area contributed by atoms with Crippen LogP contribution in [0.25, 0.3) is 0 Å². The van der Waals surface area contributed by atoms with Crippen molar-refractivity contribution in [1.29, 1.82) is 5.26 Å². The van der Waals surface area contributed by atoms with Crippen LogP contribution in [0, 0.1) is 16.7 Å². The first-order valence-electron chi connectivity index (χ1n) is 8.50. The number of rotatable bonds is 4. The second-order valence-electron chi connectivity index (χ2n) is 7.08.